The molecule has 2 aromatic carbocycles. The van der Waals surface area contributed by atoms with Gasteiger partial charge in [0.2, 0.25) is 0 Å². The molecule has 11 nitrogen and oxygen atoms in total. The van der Waals surface area contributed by atoms with E-state index in [4.69, 9.17) is 30.1 Å². The van der Waals surface area contributed by atoms with Crippen LogP contribution >= 0.6 is 19.2 Å². The number of aromatic amines is 1. The third kappa shape index (κ3) is 6.66. The number of nitrogens with zero attached hydrogens (tertiary/aromatic N) is 1. The second-order valence-corrected chi connectivity index (χ2v) is 12.8. The molecule has 2 N–H and O–H groups in total. The average molecular weight is 605 g/mol. The zero-order valence-electron chi connectivity index (χ0n) is 22.2. The largest absolute Gasteiger partial charge is 0.461 e. The predicted octanol–water partition coefficient (Wildman–Crippen LogP) is 3.90. The van der Waals surface area contributed by atoms with Gasteiger partial charge in [0.1, 0.15) is 24.7 Å². The molecule has 0 radical (unpaired) electrons. The van der Waals surface area contributed by atoms with Crippen molar-refractivity contribution in [3.05, 3.63) is 98.3 Å². The van der Waals surface area contributed by atoms with Gasteiger partial charge in [-0.3, -0.25) is 23.7 Å². The first-order valence-electron chi connectivity index (χ1n) is 13.1. The Morgan fingerprint density at radius 1 is 1.17 bits per heavy atom. The van der Waals surface area contributed by atoms with Crippen LogP contribution in [0.15, 0.2) is 76.4 Å². The van der Waals surface area contributed by atoms with Crippen LogP contribution in [0.2, 0.25) is 5.02 Å². The van der Waals surface area contributed by atoms with Gasteiger partial charge in [0.05, 0.1) is 24.8 Å². The molecule has 2 fully saturated rings. The second kappa shape index (κ2) is 12.0. The highest BCUT2D eigenvalue weighted by Crippen LogP contribution is 2.62. The van der Waals surface area contributed by atoms with E-state index >= 15 is 0 Å². The van der Waals surface area contributed by atoms with Gasteiger partial charge in [0.25, 0.3) is 5.56 Å². The Balaban J connectivity index is 1.30. The molecule has 2 aliphatic rings. The Hall–Kier alpha value is -3.21. The van der Waals surface area contributed by atoms with Gasteiger partial charge in [-0.05, 0) is 42.7 Å². The minimum absolute atomic E-state index is 0.0584. The van der Waals surface area contributed by atoms with Gasteiger partial charge in [-0.2, -0.15) is 0 Å². The van der Waals surface area contributed by atoms with E-state index in [9.17, 15) is 24.1 Å². The van der Waals surface area contributed by atoms with E-state index in [0.717, 1.165) is 5.56 Å². The predicted molar refractivity (Wildman–Crippen MR) is 149 cm³/mol. The van der Waals surface area contributed by atoms with Gasteiger partial charge in [0.15, 0.2) is 0 Å². The van der Waals surface area contributed by atoms with Gasteiger partial charge in [-0.1, -0.05) is 48.9 Å². The third-order valence-corrected chi connectivity index (χ3v) is 9.56. The van der Waals surface area contributed by atoms with Crippen molar-refractivity contribution in [2.45, 2.75) is 44.8 Å². The minimum atomic E-state index is -4.02. The van der Waals surface area contributed by atoms with E-state index in [1.54, 1.807) is 19.1 Å². The van der Waals surface area contributed by atoms with Gasteiger partial charge in [-0.25, -0.2) is 9.36 Å². The number of ether oxygens (including phenoxy) is 2. The van der Waals surface area contributed by atoms with Crippen LogP contribution in [0.1, 0.15) is 31.6 Å². The van der Waals surface area contributed by atoms with E-state index in [-0.39, 0.29) is 25.1 Å². The number of hydrogen-bond acceptors (Lipinski definition) is 9. The number of benzene rings is 2. The Labute approximate surface area is 240 Å². The van der Waals surface area contributed by atoms with Crippen molar-refractivity contribution in [1.29, 1.82) is 0 Å². The van der Waals surface area contributed by atoms with Gasteiger partial charge in [-0.15, -0.1) is 0 Å². The van der Waals surface area contributed by atoms with E-state index in [1.165, 1.54) is 29.0 Å². The van der Waals surface area contributed by atoms with Crippen LogP contribution in [-0.4, -0.2) is 45.6 Å². The molecule has 1 unspecified atom stereocenters. The lowest BCUT2D eigenvalue weighted by Crippen LogP contribution is -2.35. The van der Waals surface area contributed by atoms with Crippen LogP contribution in [0.25, 0.3) is 0 Å². The molecular formula is C28H30ClN2O9P. The Bertz CT molecular complexity index is 1540. The fourth-order valence-electron chi connectivity index (χ4n) is 4.90. The number of rotatable bonds is 11. The van der Waals surface area contributed by atoms with Crippen LogP contribution in [0.3, 0.4) is 0 Å². The molecular weight excluding hydrogens is 575 g/mol. The zero-order chi connectivity index (χ0) is 29.2. The number of aliphatic hydroxyl groups is 1. The van der Waals surface area contributed by atoms with Crippen LogP contribution in [-0.2, 0) is 30.0 Å². The highest BCUT2D eigenvalue weighted by molar-refractivity contribution is 7.54. The van der Waals surface area contributed by atoms with Crippen molar-refractivity contribution in [2.24, 2.45) is 11.3 Å². The van der Waals surface area contributed by atoms with E-state index < -0.39 is 54.6 Å². The number of nitrogens with one attached hydrogen (secondary N) is 1. The van der Waals surface area contributed by atoms with Crippen molar-refractivity contribution in [2.75, 3.05) is 12.8 Å². The maximum Gasteiger partial charge on any atom is 0.380 e. The molecule has 1 spiro atoms. The molecule has 1 saturated carbocycles. The summed E-state index contributed by atoms with van der Waals surface area (Å²) in [6, 6.07) is 16.5. The molecule has 0 amide bonds. The molecule has 3 aromatic rings. The maximum absolute atomic E-state index is 14.0. The third-order valence-electron chi connectivity index (χ3n) is 7.29. The summed E-state index contributed by atoms with van der Waals surface area (Å²) in [5.74, 6) is -1.22. The van der Waals surface area contributed by atoms with Gasteiger partial charge >= 0.3 is 19.3 Å². The summed E-state index contributed by atoms with van der Waals surface area (Å²) >= 11 is 5.97. The number of esters is 1. The quantitative estimate of drug-likeness (QED) is 0.246. The SMILES string of the molecule is C[C@H](CP(=O)(OC[C@H]1O[C@@H](n2ccc(=O)[nH]c2=O)C2(CC2)[C@@H]1O)Oc1ccc(Cl)cc1)C(=O)OCc1ccccc1. The summed E-state index contributed by atoms with van der Waals surface area (Å²) in [5.41, 5.74) is -1.15. The highest BCUT2D eigenvalue weighted by atomic mass is 35.5. The molecule has 5 atom stereocenters. The van der Waals surface area contributed by atoms with Crippen LogP contribution in [0.4, 0.5) is 0 Å². The van der Waals surface area contributed by atoms with Crippen molar-refractivity contribution < 1.29 is 33.0 Å². The standard InChI is InChI=1S/C28H30ClN2O9P/c1-18(25(34)37-15-19-5-3-2-4-6-19)17-41(36,40-21-9-7-20(29)8-10-21)38-16-22-24(33)28(12-13-28)26(39-22)31-14-11-23(32)30-27(31)35/h2-11,14,18,22,24,26,33H,12-13,15-17H2,1H3,(H,30,32,35)/t18-,22-,24-,26-,41?/m1/s1. The first-order chi connectivity index (χ1) is 19.6. The van der Waals surface area contributed by atoms with Crippen LogP contribution < -0.4 is 15.8 Å². The molecule has 2 heterocycles. The normalized spacial score (nSPS) is 23.0. The lowest BCUT2D eigenvalue weighted by atomic mass is 9.96. The van der Waals surface area contributed by atoms with E-state index in [0.29, 0.717) is 17.9 Å². The second-order valence-electron chi connectivity index (χ2n) is 10.4. The van der Waals surface area contributed by atoms with Gasteiger partial charge in [0, 0.05) is 22.7 Å². The first-order valence-corrected chi connectivity index (χ1v) is 15.2. The smallest absolute Gasteiger partial charge is 0.380 e. The molecule has 41 heavy (non-hydrogen) atoms. The summed E-state index contributed by atoms with van der Waals surface area (Å²) in [4.78, 5) is 38.9. The number of halogens is 1. The molecule has 1 aliphatic heterocycles. The summed E-state index contributed by atoms with van der Waals surface area (Å²) in [5, 5.41) is 11.6. The monoisotopic (exact) mass is 604 g/mol. The van der Waals surface area contributed by atoms with Crippen molar-refractivity contribution in [3.8, 4) is 5.75 Å². The molecule has 1 aromatic heterocycles. The zero-order valence-corrected chi connectivity index (χ0v) is 23.8. The Morgan fingerprint density at radius 2 is 1.88 bits per heavy atom. The van der Waals surface area contributed by atoms with Crippen LogP contribution in [0, 0.1) is 11.3 Å². The fraction of sp³-hybridized carbons (Fsp3) is 0.393. The summed E-state index contributed by atoms with van der Waals surface area (Å²) in [6.45, 7) is 1.28. The lowest BCUT2D eigenvalue weighted by Gasteiger charge is -2.24. The molecule has 0 bridgehead atoms. The first kappa shape index (κ1) is 29.3. The summed E-state index contributed by atoms with van der Waals surface area (Å²) in [6.07, 6.45) is -0.654. The summed E-state index contributed by atoms with van der Waals surface area (Å²) in [7, 11) is -4.02. The Kier molecular flexibility index (Phi) is 8.54. The maximum atomic E-state index is 14.0. The fourth-order valence-corrected chi connectivity index (χ4v) is 6.90. The number of H-pyrrole nitrogens is 1. The van der Waals surface area contributed by atoms with Crippen molar-refractivity contribution in [3.63, 3.8) is 0 Å². The van der Waals surface area contributed by atoms with Gasteiger partial charge < -0.3 is 19.1 Å². The van der Waals surface area contributed by atoms with E-state index in [1.807, 2.05) is 30.3 Å². The number of carbonyl (C=O) groups excluding carboxylic acids is 1. The lowest BCUT2D eigenvalue weighted by molar-refractivity contribution is -0.148. The number of carbonyl (C=O) groups is 1. The molecule has 5 rings (SSSR count). The molecule has 13 heteroatoms. The molecule has 1 saturated heterocycles. The topological polar surface area (TPSA) is 146 Å². The highest BCUT2D eigenvalue weighted by Gasteiger charge is 2.64. The number of hydrogen-bond donors (Lipinski definition) is 2. The number of aliphatic hydroxyl groups excluding tert-OH is 1. The Morgan fingerprint density at radius 3 is 2.54 bits per heavy atom. The number of aromatic nitrogens is 2. The van der Waals surface area contributed by atoms with Crippen LogP contribution in [0.5, 0.6) is 5.75 Å². The van der Waals surface area contributed by atoms with Crippen molar-refractivity contribution >= 4 is 25.2 Å². The molecule has 1 aliphatic carbocycles. The minimum Gasteiger partial charge on any atom is -0.461 e. The van der Waals surface area contributed by atoms with Crippen molar-refractivity contribution in [1.82, 2.24) is 9.55 Å². The summed E-state index contributed by atoms with van der Waals surface area (Å²) < 4.78 is 38.3. The van der Waals surface area contributed by atoms with E-state index in [2.05, 4.69) is 4.98 Å². The average Bonchev–Trinajstić information content (AvgIpc) is 3.71. The molecule has 218 valence electrons.